The van der Waals surface area contributed by atoms with Crippen LogP contribution in [-0.2, 0) is 0 Å². The van der Waals surface area contributed by atoms with Crippen molar-refractivity contribution in [3.05, 3.63) is 76.4 Å². The number of hydrogen-bond donors (Lipinski definition) is 0. The van der Waals surface area contributed by atoms with Gasteiger partial charge in [-0.15, -0.1) is 0 Å². The zero-order valence-corrected chi connectivity index (χ0v) is 17.9. The molecule has 1 aliphatic heterocycles. The number of nitro groups is 1. The van der Waals surface area contributed by atoms with E-state index in [4.69, 9.17) is 4.74 Å². The van der Waals surface area contributed by atoms with Crippen molar-refractivity contribution >= 4 is 17.2 Å². The Bertz CT molecular complexity index is 1080. The van der Waals surface area contributed by atoms with E-state index in [1.165, 1.54) is 18.5 Å². The van der Waals surface area contributed by atoms with Gasteiger partial charge in [-0.25, -0.2) is 9.37 Å². The Kier molecular flexibility index (Phi) is 6.16. The van der Waals surface area contributed by atoms with E-state index in [0.29, 0.717) is 37.8 Å². The van der Waals surface area contributed by atoms with Crippen LogP contribution in [0.4, 0.5) is 21.6 Å². The summed E-state index contributed by atoms with van der Waals surface area (Å²) < 4.78 is 19.0. The number of aromatic nitrogens is 2. The predicted molar refractivity (Wildman–Crippen MR) is 120 cm³/mol. The molecule has 0 spiro atoms. The lowest BCUT2D eigenvalue weighted by atomic mass is 10.0. The maximum atomic E-state index is 13.2. The monoisotopic (exact) mass is 437 g/mol. The van der Waals surface area contributed by atoms with Gasteiger partial charge in [-0.05, 0) is 47.9 Å². The van der Waals surface area contributed by atoms with Crippen LogP contribution in [0.3, 0.4) is 0 Å². The number of ether oxygens (including phenoxy) is 1. The molecule has 9 heteroatoms. The predicted octanol–water partition coefficient (Wildman–Crippen LogP) is 4.77. The van der Waals surface area contributed by atoms with Crippen molar-refractivity contribution in [2.75, 3.05) is 36.0 Å². The van der Waals surface area contributed by atoms with Crippen LogP contribution in [0, 0.1) is 15.9 Å². The van der Waals surface area contributed by atoms with Gasteiger partial charge in [0.15, 0.2) is 0 Å². The molecule has 0 bridgehead atoms. The fourth-order valence-electron chi connectivity index (χ4n) is 3.68. The fraction of sp³-hybridized carbons (Fsp3) is 0.304. The molecule has 2 aromatic carbocycles. The first kappa shape index (κ1) is 21.5. The molecule has 1 aromatic heterocycles. The van der Waals surface area contributed by atoms with Gasteiger partial charge in [-0.2, -0.15) is 4.98 Å². The molecular formula is C23H24FN5O3. The first-order chi connectivity index (χ1) is 15.4. The third kappa shape index (κ3) is 4.61. The first-order valence-electron chi connectivity index (χ1n) is 10.4. The molecule has 1 saturated heterocycles. The van der Waals surface area contributed by atoms with Crippen LogP contribution in [0.5, 0.6) is 11.6 Å². The molecule has 32 heavy (non-hydrogen) atoms. The van der Waals surface area contributed by atoms with Gasteiger partial charge in [0.1, 0.15) is 17.9 Å². The largest absolute Gasteiger partial charge is 0.434 e. The number of halogens is 1. The fourth-order valence-corrected chi connectivity index (χ4v) is 3.68. The molecule has 4 rings (SSSR count). The molecule has 0 radical (unpaired) electrons. The minimum atomic E-state index is -0.500. The van der Waals surface area contributed by atoms with Crippen molar-refractivity contribution in [3.63, 3.8) is 0 Å². The van der Waals surface area contributed by atoms with Gasteiger partial charge in [0, 0.05) is 31.9 Å². The third-order valence-electron chi connectivity index (χ3n) is 5.48. The van der Waals surface area contributed by atoms with Crippen molar-refractivity contribution in [3.8, 4) is 11.6 Å². The second-order valence-corrected chi connectivity index (χ2v) is 7.88. The van der Waals surface area contributed by atoms with E-state index >= 15 is 0 Å². The Hall–Kier alpha value is -3.75. The highest BCUT2D eigenvalue weighted by atomic mass is 19.1. The number of benzene rings is 2. The summed E-state index contributed by atoms with van der Waals surface area (Å²) in [5, 5.41) is 11.9. The molecule has 0 N–H and O–H groups in total. The van der Waals surface area contributed by atoms with Gasteiger partial charge in [0.25, 0.3) is 0 Å². The molecule has 1 fully saturated rings. The van der Waals surface area contributed by atoms with Crippen molar-refractivity contribution in [2.45, 2.75) is 19.8 Å². The number of hydrogen-bond acceptors (Lipinski definition) is 7. The second kappa shape index (κ2) is 9.17. The smallest absolute Gasteiger partial charge is 0.373 e. The van der Waals surface area contributed by atoms with Gasteiger partial charge in [0.2, 0.25) is 5.82 Å². The standard InChI is InChI=1S/C23H24FN5O3/c1-16(2)17-3-9-20(10-4-17)32-23-21(29(30)31)22(25-15-26-23)28-13-11-27(12-14-28)19-7-5-18(24)6-8-19/h3-10,15-16H,11-14H2,1-2H3. The van der Waals surface area contributed by atoms with Gasteiger partial charge in [-0.1, -0.05) is 26.0 Å². The first-order valence-corrected chi connectivity index (χ1v) is 10.4. The number of rotatable bonds is 6. The molecule has 8 nitrogen and oxygen atoms in total. The lowest BCUT2D eigenvalue weighted by molar-refractivity contribution is -0.385. The quantitative estimate of drug-likeness (QED) is 0.406. The summed E-state index contributed by atoms with van der Waals surface area (Å²) >= 11 is 0. The van der Waals surface area contributed by atoms with E-state index in [-0.39, 0.29) is 23.2 Å². The maximum absolute atomic E-state index is 13.2. The topological polar surface area (TPSA) is 84.6 Å². The molecule has 0 unspecified atom stereocenters. The molecule has 0 atom stereocenters. The molecule has 0 saturated carbocycles. The van der Waals surface area contributed by atoms with Crippen molar-refractivity contribution in [1.82, 2.24) is 9.97 Å². The molecule has 0 aliphatic carbocycles. The van der Waals surface area contributed by atoms with Crippen LogP contribution in [0.1, 0.15) is 25.3 Å². The minimum absolute atomic E-state index is 0.0849. The van der Waals surface area contributed by atoms with E-state index in [9.17, 15) is 14.5 Å². The summed E-state index contributed by atoms with van der Waals surface area (Å²) in [7, 11) is 0. The molecule has 0 amide bonds. The van der Waals surface area contributed by atoms with Gasteiger partial charge in [-0.3, -0.25) is 10.1 Å². The zero-order chi connectivity index (χ0) is 22.7. The van der Waals surface area contributed by atoms with Crippen LogP contribution in [0.15, 0.2) is 54.9 Å². The summed E-state index contributed by atoms with van der Waals surface area (Å²) in [6.45, 7) is 6.48. The zero-order valence-electron chi connectivity index (χ0n) is 17.9. The summed E-state index contributed by atoms with van der Waals surface area (Å²) in [5.74, 6) is 0.715. The van der Waals surface area contributed by atoms with Crippen LogP contribution < -0.4 is 14.5 Å². The van der Waals surface area contributed by atoms with E-state index in [1.54, 1.807) is 24.3 Å². The van der Waals surface area contributed by atoms with E-state index in [0.717, 1.165) is 11.3 Å². The van der Waals surface area contributed by atoms with Crippen molar-refractivity contribution in [2.24, 2.45) is 0 Å². The summed E-state index contributed by atoms with van der Waals surface area (Å²) in [6, 6.07) is 13.7. The molecule has 2 heterocycles. The normalized spacial score (nSPS) is 14.0. The highest BCUT2D eigenvalue weighted by Crippen LogP contribution is 2.36. The molecule has 166 valence electrons. The summed E-state index contributed by atoms with van der Waals surface area (Å²) in [6.07, 6.45) is 1.28. The van der Waals surface area contributed by atoms with Crippen LogP contribution in [0.25, 0.3) is 0 Å². The lowest BCUT2D eigenvalue weighted by Crippen LogP contribution is -2.47. The summed E-state index contributed by atoms with van der Waals surface area (Å²) in [4.78, 5) is 23.6. The molecular weight excluding hydrogens is 413 g/mol. The average Bonchev–Trinajstić information content (AvgIpc) is 2.80. The molecule has 3 aromatic rings. The van der Waals surface area contributed by atoms with Crippen LogP contribution >= 0.6 is 0 Å². The van der Waals surface area contributed by atoms with Crippen LogP contribution in [-0.4, -0.2) is 41.1 Å². The Morgan fingerprint density at radius 1 is 0.969 bits per heavy atom. The van der Waals surface area contributed by atoms with Gasteiger partial charge < -0.3 is 14.5 Å². The lowest BCUT2D eigenvalue weighted by Gasteiger charge is -2.36. The summed E-state index contributed by atoms with van der Waals surface area (Å²) in [5.41, 5.74) is 1.81. The Balaban J connectivity index is 1.53. The third-order valence-corrected chi connectivity index (χ3v) is 5.48. The SMILES string of the molecule is CC(C)c1ccc(Oc2ncnc(N3CCN(c4ccc(F)cc4)CC3)c2[N+](=O)[O-])cc1. The van der Waals surface area contributed by atoms with Crippen molar-refractivity contribution < 1.29 is 14.1 Å². The second-order valence-electron chi connectivity index (χ2n) is 7.88. The minimum Gasteiger partial charge on any atom is -0.434 e. The van der Waals surface area contributed by atoms with Crippen molar-refractivity contribution in [1.29, 1.82) is 0 Å². The maximum Gasteiger partial charge on any atom is 0.373 e. The number of anilines is 2. The highest BCUT2D eigenvalue weighted by molar-refractivity contribution is 5.64. The Morgan fingerprint density at radius 3 is 2.19 bits per heavy atom. The number of piperazine rings is 1. The highest BCUT2D eigenvalue weighted by Gasteiger charge is 2.30. The Morgan fingerprint density at radius 2 is 1.59 bits per heavy atom. The van der Waals surface area contributed by atoms with Gasteiger partial charge >= 0.3 is 11.6 Å². The van der Waals surface area contributed by atoms with E-state index in [1.807, 2.05) is 17.0 Å². The number of nitrogens with zero attached hydrogens (tertiary/aromatic N) is 5. The average molecular weight is 437 g/mol. The Labute approximate surface area is 185 Å². The van der Waals surface area contributed by atoms with Crippen LogP contribution in [0.2, 0.25) is 0 Å². The van der Waals surface area contributed by atoms with Gasteiger partial charge in [0.05, 0.1) is 4.92 Å². The van der Waals surface area contributed by atoms with E-state index < -0.39 is 4.92 Å². The van der Waals surface area contributed by atoms with E-state index in [2.05, 4.69) is 28.7 Å². The molecule has 1 aliphatic rings.